The molecular formula is C27H27F3N4O2. The maximum atomic E-state index is 12.8. The quantitative estimate of drug-likeness (QED) is 0.424. The molecule has 3 aromatic rings. The Hall–Kier alpha value is -3.62. The van der Waals surface area contributed by atoms with Crippen LogP contribution in [0.3, 0.4) is 0 Å². The molecule has 2 N–H and O–H groups in total. The van der Waals surface area contributed by atoms with Crippen molar-refractivity contribution in [1.29, 1.82) is 0 Å². The monoisotopic (exact) mass is 496 g/mol. The van der Waals surface area contributed by atoms with Gasteiger partial charge in [0.25, 0.3) is 5.91 Å². The van der Waals surface area contributed by atoms with Crippen molar-refractivity contribution < 1.29 is 22.5 Å². The Morgan fingerprint density at radius 3 is 2.64 bits per heavy atom. The van der Waals surface area contributed by atoms with Crippen LogP contribution in [0.4, 0.5) is 24.7 Å². The van der Waals surface area contributed by atoms with E-state index >= 15 is 0 Å². The number of nitrogens with one attached hydrogen (secondary N) is 2. The van der Waals surface area contributed by atoms with Gasteiger partial charge in [-0.1, -0.05) is 28.9 Å². The van der Waals surface area contributed by atoms with E-state index in [-0.39, 0.29) is 11.9 Å². The molecule has 3 atom stereocenters. The molecule has 6 nitrogen and oxygen atoms in total. The Labute approximate surface area is 207 Å². The number of carbonyl (C=O) groups is 1. The van der Waals surface area contributed by atoms with E-state index in [0.717, 1.165) is 49.2 Å². The molecule has 3 aliphatic rings. The summed E-state index contributed by atoms with van der Waals surface area (Å²) in [7, 11) is 0. The second-order valence-corrected chi connectivity index (χ2v) is 9.65. The number of amides is 1. The summed E-state index contributed by atoms with van der Waals surface area (Å²) in [6.07, 6.45) is 2.63. The minimum Gasteiger partial charge on any atom is -0.361 e. The number of hydrogen-bond donors (Lipinski definition) is 2. The second-order valence-electron chi connectivity index (χ2n) is 9.65. The van der Waals surface area contributed by atoms with Crippen molar-refractivity contribution in [3.63, 3.8) is 0 Å². The number of anilines is 2. The molecule has 0 spiro atoms. The molecule has 3 saturated carbocycles. The van der Waals surface area contributed by atoms with Gasteiger partial charge in [0.05, 0.1) is 11.3 Å². The number of nitrogens with zero attached hydrogens (tertiary/aromatic N) is 2. The Morgan fingerprint density at radius 1 is 1.17 bits per heavy atom. The van der Waals surface area contributed by atoms with Crippen LogP contribution < -0.4 is 10.6 Å². The molecule has 36 heavy (non-hydrogen) atoms. The standard InChI is InChI=1S/C27H27F3N4O2/c1-15-25(16(2)36-34-15)26(35)33-23-13-18-6-7-19(23)12-20(18)10-17-4-3-5-22(11-17)32-24-9-8-21(14-31-24)27(28,29)30/h3-5,8-11,14,18-19,23H,6-7,12-13H2,1-2H3,(H,31,32)(H,33,35). The number of fused-ring (bicyclic) bond motifs is 3. The molecule has 3 aliphatic carbocycles. The third-order valence-electron chi connectivity index (χ3n) is 7.19. The predicted molar refractivity (Wildman–Crippen MR) is 130 cm³/mol. The number of hydrogen-bond acceptors (Lipinski definition) is 5. The van der Waals surface area contributed by atoms with Crippen molar-refractivity contribution in [2.24, 2.45) is 11.8 Å². The average Bonchev–Trinajstić information content (AvgIpc) is 3.18. The molecule has 2 bridgehead atoms. The first-order valence-electron chi connectivity index (χ1n) is 12.0. The number of carbonyl (C=O) groups excluding carboxylic acids is 1. The van der Waals surface area contributed by atoms with Crippen molar-refractivity contribution >= 4 is 23.5 Å². The number of benzene rings is 1. The molecule has 0 saturated heterocycles. The number of aryl methyl sites for hydroxylation is 2. The average molecular weight is 497 g/mol. The number of halogens is 3. The molecule has 6 rings (SSSR count). The van der Waals surface area contributed by atoms with Gasteiger partial charge in [0.1, 0.15) is 17.1 Å². The first kappa shape index (κ1) is 24.1. The lowest BCUT2D eigenvalue weighted by Crippen LogP contribution is -2.48. The highest BCUT2D eigenvalue weighted by atomic mass is 19.4. The smallest absolute Gasteiger partial charge is 0.361 e. The van der Waals surface area contributed by atoms with Crippen molar-refractivity contribution in [2.45, 2.75) is 51.7 Å². The lowest BCUT2D eigenvalue weighted by Gasteiger charge is -2.44. The summed E-state index contributed by atoms with van der Waals surface area (Å²) in [6.45, 7) is 3.52. The van der Waals surface area contributed by atoms with Gasteiger partial charge in [0, 0.05) is 17.9 Å². The Morgan fingerprint density at radius 2 is 2.00 bits per heavy atom. The van der Waals surface area contributed by atoms with Gasteiger partial charge in [-0.2, -0.15) is 13.2 Å². The third kappa shape index (κ3) is 5.01. The number of rotatable bonds is 5. The van der Waals surface area contributed by atoms with Gasteiger partial charge in [-0.15, -0.1) is 0 Å². The molecule has 2 heterocycles. The van der Waals surface area contributed by atoms with Crippen LogP contribution in [0.2, 0.25) is 0 Å². The summed E-state index contributed by atoms with van der Waals surface area (Å²) in [5.74, 6) is 1.54. The van der Waals surface area contributed by atoms with Crippen LogP contribution in [0.1, 0.15) is 58.6 Å². The topological polar surface area (TPSA) is 80.0 Å². The van der Waals surface area contributed by atoms with Gasteiger partial charge >= 0.3 is 6.18 Å². The van der Waals surface area contributed by atoms with Crippen LogP contribution in [0.15, 0.2) is 52.7 Å². The van der Waals surface area contributed by atoms with E-state index in [1.54, 1.807) is 13.8 Å². The van der Waals surface area contributed by atoms with E-state index in [2.05, 4.69) is 26.9 Å². The summed E-state index contributed by atoms with van der Waals surface area (Å²) in [4.78, 5) is 16.7. The second kappa shape index (κ2) is 9.44. The van der Waals surface area contributed by atoms with E-state index in [0.29, 0.717) is 34.7 Å². The summed E-state index contributed by atoms with van der Waals surface area (Å²) < 4.78 is 43.5. The highest BCUT2D eigenvalue weighted by Crippen LogP contribution is 2.45. The predicted octanol–water partition coefficient (Wildman–Crippen LogP) is 6.45. The van der Waals surface area contributed by atoms with Gasteiger partial charge in [-0.25, -0.2) is 4.98 Å². The minimum absolute atomic E-state index is 0.120. The molecule has 2 aromatic heterocycles. The van der Waals surface area contributed by atoms with Crippen LogP contribution in [0.25, 0.3) is 6.08 Å². The Bertz CT molecular complexity index is 1280. The zero-order valence-corrected chi connectivity index (χ0v) is 20.0. The fraction of sp³-hybridized carbons (Fsp3) is 0.370. The van der Waals surface area contributed by atoms with E-state index in [1.165, 1.54) is 11.6 Å². The zero-order valence-electron chi connectivity index (χ0n) is 20.0. The van der Waals surface area contributed by atoms with E-state index in [1.807, 2.05) is 24.3 Å². The van der Waals surface area contributed by atoms with E-state index in [9.17, 15) is 18.0 Å². The first-order chi connectivity index (χ1) is 17.2. The molecule has 3 fully saturated rings. The van der Waals surface area contributed by atoms with Crippen LogP contribution in [0.5, 0.6) is 0 Å². The molecule has 188 valence electrons. The molecule has 1 amide bonds. The fourth-order valence-electron chi connectivity index (χ4n) is 5.39. The first-order valence-corrected chi connectivity index (χ1v) is 12.0. The molecular weight excluding hydrogens is 469 g/mol. The normalized spacial score (nSPS) is 22.6. The number of alkyl halides is 3. The summed E-state index contributed by atoms with van der Waals surface area (Å²) >= 11 is 0. The summed E-state index contributed by atoms with van der Waals surface area (Å²) in [6, 6.07) is 10.2. The summed E-state index contributed by atoms with van der Waals surface area (Å²) in [5.41, 5.74) is 3.50. The number of allylic oxidation sites excluding steroid dienone is 1. The number of pyridine rings is 1. The summed E-state index contributed by atoms with van der Waals surface area (Å²) in [5, 5.41) is 10.2. The van der Waals surface area contributed by atoms with Crippen LogP contribution in [0, 0.1) is 25.7 Å². The van der Waals surface area contributed by atoms with Gasteiger partial charge < -0.3 is 15.2 Å². The van der Waals surface area contributed by atoms with Gasteiger partial charge in [-0.05, 0) is 81.2 Å². The Kier molecular flexibility index (Phi) is 6.32. The van der Waals surface area contributed by atoms with Crippen LogP contribution in [-0.4, -0.2) is 22.1 Å². The van der Waals surface area contributed by atoms with E-state index in [4.69, 9.17) is 4.52 Å². The molecule has 3 unspecified atom stereocenters. The number of aromatic nitrogens is 2. The lowest BCUT2D eigenvalue weighted by atomic mass is 9.65. The largest absolute Gasteiger partial charge is 0.417 e. The molecule has 9 heteroatoms. The molecule has 0 aliphatic heterocycles. The van der Waals surface area contributed by atoms with Crippen molar-refractivity contribution in [3.8, 4) is 0 Å². The van der Waals surface area contributed by atoms with Crippen molar-refractivity contribution in [1.82, 2.24) is 15.5 Å². The van der Waals surface area contributed by atoms with E-state index < -0.39 is 11.7 Å². The lowest BCUT2D eigenvalue weighted by molar-refractivity contribution is -0.137. The Balaban J connectivity index is 1.25. The van der Waals surface area contributed by atoms with Gasteiger partial charge in [-0.3, -0.25) is 4.79 Å². The fourth-order valence-corrected chi connectivity index (χ4v) is 5.39. The molecule has 1 aromatic carbocycles. The van der Waals surface area contributed by atoms with Crippen molar-refractivity contribution in [2.75, 3.05) is 5.32 Å². The van der Waals surface area contributed by atoms with Crippen LogP contribution in [-0.2, 0) is 6.18 Å². The van der Waals surface area contributed by atoms with Gasteiger partial charge in [0.15, 0.2) is 0 Å². The molecule has 0 radical (unpaired) electrons. The van der Waals surface area contributed by atoms with Crippen LogP contribution >= 0.6 is 0 Å². The third-order valence-corrected chi connectivity index (χ3v) is 7.19. The maximum Gasteiger partial charge on any atom is 0.417 e. The van der Waals surface area contributed by atoms with Gasteiger partial charge in [0.2, 0.25) is 0 Å². The highest BCUT2D eigenvalue weighted by Gasteiger charge is 2.39. The highest BCUT2D eigenvalue weighted by molar-refractivity contribution is 5.96. The SMILES string of the molecule is Cc1noc(C)c1C(=O)NC1CC2CCC1CC2=Cc1cccc(Nc2ccc(C(F)(F)F)cn2)c1. The minimum atomic E-state index is -4.41. The zero-order chi connectivity index (χ0) is 25.4. The van der Waals surface area contributed by atoms with Crippen molar-refractivity contribution in [3.05, 3.63) is 76.3 Å². The maximum absolute atomic E-state index is 12.8.